The van der Waals surface area contributed by atoms with Gasteiger partial charge in [-0.1, -0.05) is 0 Å². The molecule has 0 spiro atoms. The summed E-state index contributed by atoms with van der Waals surface area (Å²) >= 11 is 0. The van der Waals surface area contributed by atoms with Crippen molar-refractivity contribution in [3.8, 4) is 0 Å². The van der Waals surface area contributed by atoms with Crippen LogP contribution in [0.1, 0.15) is 12.8 Å². The summed E-state index contributed by atoms with van der Waals surface area (Å²) < 4.78 is 38.9. The smallest absolute Gasteiger partial charge is 0.434 e. The third-order valence-electron chi connectivity index (χ3n) is 1.57. The van der Waals surface area contributed by atoms with Crippen molar-refractivity contribution >= 4 is 6.09 Å². The highest BCUT2D eigenvalue weighted by atomic mass is 19.4. The number of hydroxylamine groups is 2. The third kappa shape index (κ3) is 3.82. The van der Waals surface area contributed by atoms with Gasteiger partial charge in [0.05, 0.1) is 13.2 Å². The first kappa shape index (κ1) is 11.1. The van der Waals surface area contributed by atoms with Gasteiger partial charge in [0.2, 0.25) is 0 Å². The largest absolute Gasteiger partial charge is 0.438 e. The first-order chi connectivity index (χ1) is 6.49. The summed E-state index contributed by atoms with van der Waals surface area (Å²) in [6.45, 7) is -0.969. The molecular formula is C7H10F3NO3. The Balaban J connectivity index is 2.27. The number of hydrogen-bond acceptors (Lipinski definition) is 3. The predicted molar refractivity (Wildman–Crippen MR) is 39.3 cm³/mol. The van der Waals surface area contributed by atoms with Gasteiger partial charge in [0, 0.05) is 0 Å². The lowest BCUT2D eigenvalue weighted by Gasteiger charge is -2.25. The van der Waals surface area contributed by atoms with Crippen molar-refractivity contribution in [3.05, 3.63) is 0 Å². The molecule has 0 aromatic rings. The maximum Gasteiger partial charge on any atom is 0.434 e. The van der Waals surface area contributed by atoms with E-state index in [1.165, 1.54) is 0 Å². The van der Waals surface area contributed by atoms with Crippen LogP contribution in [0.4, 0.5) is 18.0 Å². The molecule has 1 fully saturated rings. The van der Waals surface area contributed by atoms with Crippen molar-refractivity contribution in [2.24, 2.45) is 0 Å². The van der Waals surface area contributed by atoms with Crippen LogP contribution in [0.15, 0.2) is 0 Å². The fraction of sp³-hybridized carbons (Fsp3) is 0.857. The molecule has 14 heavy (non-hydrogen) atoms. The van der Waals surface area contributed by atoms with Gasteiger partial charge >= 0.3 is 12.3 Å². The Kier molecular flexibility index (Phi) is 3.56. The molecule has 0 aromatic carbocycles. The van der Waals surface area contributed by atoms with Crippen molar-refractivity contribution < 1.29 is 27.5 Å². The van der Waals surface area contributed by atoms with Gasteiger partial charge in [0.15, 0.2) is 6.61 Å². The van der Waals surface area contributed by atoms with E-state index in [0.717, 1.165) is 11.5 Å². The second-order valence-electron chi connectivity index (χ2n) is 2.81. The molecule has 82 valence electrons. The minimum atomic E-state index is -4.49. The molecule has 1 saturated heterocycles. The van der Waals surface area contributed by atoms with E-state index in [-0.39, 0.29) is 6.54 Å². The minimum Gasteiger partial charge on any atom is -0.438 e. The van der Waals surface area contributed by atoms with Gasteiger partial charge in [-0.3, -0.25) is 4.84 Å². The molecule has 0 atom stereocenters. The highest BCUT2D eigenvalue weighted by molar-refractivity contribution is 5.66. The van der Waals surface area contributed by atoms with Crippen molar-refractivity contribution in [2.45, 2.75) is 19.0 Å². The summed E-state index contributed by atoms with van der Waals surface area (Å²) in [5, 5.41) is 0.815. The number of halogens is 3. The molecule has 4 nitrogen and oxygen atoms in total. The van der Waals surface area contributed by atoms with Crippen LogP contribution in [-0.2, 0) is 9.57 Å². The Labute approximate surface area is 78.5 Å². The lowest BCUT2D eigenvalue weighted by Crippen LogP contribution is -2.37. The first-order valence-electron chi connectivity index (χ1n) is 4.13. The quantitative estimate of drug-likeness (QED) is 0.665. The van der Waals surface area contributed by atoms with Gasteiger partial charge in [0.25, 0.3) is 0 Å². The van der Waals surface area contributed by atoms with E-state index in [1.54, 1.807) is 0 Å². The van der Waals surface area contributed by atoms with Crippen molar-refractivity contribution in [3.63, 3.8) is 0 Å². The van der Waals surface area contributed by atoms with Gasteiger partial charge in [-0.25, -0.2) is 4.79 Å². The van der Waals surface area contributed by atoms with E-state index in [4.69, 9.17) is 4.84 Å². The van der Waals surface area contributed by atoms with E-state index in [0.29, 0.717) is 13.0 Å². The van der Waals surface area contributed by atoms with Crippen LogP contribution >= 0.6 is 0 Å². The second-order valence-corrected chi connectivity index (χ2v) is 2.81. The molecule has 1 aliphatic rings. The lowest BCUT2D eigenvalue weighted by molar-refractivity contribution is -0.188. The predicted octanol–water partition coefficient (Wildman–Crippen LogP) is 1.71. The van der Waals surface area contributed by atoms with Crippen LogP contribution in [0.3, 0.4) is 0 Å². The third-order valence-corrected chi connectivity index (χ3v) is 1.57. The van der Waals surface area contributed by atoms with E-state index in [2.05, 4.69) is 4.74 Å². The Morgan fingerprint density at radius 3 is 2.64 bits per heavy atom. The highest BCUT2D eigenvalue weighted by Gasteiger charge is 2.31. The summed E-state index contributed by atoms with van der Waals surface area (Å²) in [5.41, 5.74) is 0. The first-order valence-corrected chi connectivity index (χ1v) is 4.13. The van der Waals surface area contributed by atoms with Crippen LogP contribution in [0.2, 0.25) is 0 Å². The Morgan fingerprint density at radius 1 is 1.43 bits per heavy atom. The Morgan fingerprint density at radius 2 is 2.14 bits per heavy atom. The molecule has 0 aliphatic carbocycles. The number of hydrogen-bond donors (Lipinski definition) is 0. The number of carbonyl (C=O) groups excluding carboxylic acids is 1. The van der Waals surface area contributed by atoms with E-state index in [1.807, 2.05) is 0 Å². The maximum absolute atomic E-state index is 11.6. The Bertz CT molecular complexity index is 201. The fourth-order valence-electron chi connectivity index (χ4n) is 0.956. The zero-order chi connectivity index (χ0) is 10.6. The molecule has 0 unspecified atom stereocenters. The zero-order valence-corrected chi connectivity index (χ0v) is 7.34. The van der Waals surface area contributed by atoms with Crippen LogP contribution in [0, 0.1) is 0 Å². The van der Waals surface area contributed by atoms with Gasteiger partial charge in [-0.15, -0.1) is 0 Å². The standard InChI is InChI=1S/C7H10F3NO3/c8-7(9,10)5-13-6(12)11-3-1-2-4-14-11/h1-5H2. The summed E-state index contributed by atoms with van der Waals surface area (Å²) in [6, 6.07) is 0. The fourth-order valence-corrected chi connectivity index (χ4v) is 0.956. The minimum absolute atomic E-state index is 0.274. The van der Waals surface area contributed by atoms with Gasteiger partial charge in [-0.05, 0) is 12.8 Å². The van der Waals surface area contributed by atoms with Crippen LogP contribution in [0.25, 0.3) is 0 Å². The molecular weight excluding hydrogens is 203 g/mol. The highest BCUT2D eigenvalue weighted by Crippen LogP contribution is 2.16. The number of rotatable bonds is 1. The molecule has 0 N–H and O–H groups in total. The van der Waals surface area contributed by atoms with Gasteiger partial charge in [-0.2, -0.15) is 18.2 Å². The molecule has 1 rings (SSSR count). The molecule has 0 saturated carbocycles. The molecule has 0 bridgehead atoms. The number of nitrogens with zero attached hydrogens (tertiary/aromatic N) is 1. The normalized spacial score (nSPS) is 18.1. The van der Waals surface area contributed by atoms with Gasteiger partial charge < -0.3 is 4.74 Å². The van der Waals surface area contributed by atoms with Crippen molar-refractivity contribution in [1.29, 1.82) is 0 Å². The van der Waals surface area contributed by atoms with Gasteiger partial charge in [0.1, 0.15) is 0 Å². The molecule has 7 heteroatoms. The zero-order valence-electron chi connectivity index (χ0n) is 7.34. The summed E-state index contributed by atoms with van der Waals surface area (Å²) in [6.07, 6.45) is -4.07. The SMILES string of the molecule is O=C(OCC(F)(F)F)N1CCCCO1. The summed E-state index contributed by atoms with van der Waals surface area (Å²) in [5.74, 6) is 0. The molecule has 1 amide bonds. The van der Waals surface area contributed by atoms with E-state index >= 15 is 0 Å². The average molecular weight is 213 g/mol. The van der Waals surface area contributed by atoms with Crippen molar-refractivity contribution in [1.82, 2.24) is 5.06 Å². The number of ether oxygens (including phenoxy) is 1. The summed E-state index contributed by atoms with van der Waals surface area (Å²) in [4.78, 5) is 15.7. The lowest BCUT2D eigenvalue weighted by atomic mass is 10.3. The molecule has 0 radical (unpaired) electrons. The average Bonchev–Trinajstić information content (AvgIpc) is 2.14. The monoisotopic (exact) mass is 213 g/mol. The number of alkyl halides is 3. The van der Waals surface area contributed by atoms with Crippen LogP contribution in [0.5, 0.6) is 0 Å². The summed E-state index contributed by atoms with van der Waals surface area (Å²) in [7, 11) is 0. The van der Waals surface area contributed by atoms with Crippen LogP contribution < -0.4 is 0 Å². The Hall–Kier alpha value is -0.980. The molecule has 1 heterocycles. The van der Waals surface area contributed by atoms with Crippen molar-refractivity contribution in [2.75, 3.05) is 19.8 Å². The number of amides is 1. The topological polar surface area (TPSA) is 38.8 Å². The maximum atomic E-state index is 11.6. The number of carbonyl (C=O) groups is 1. The molecule has 0 aromatic heterocycles. The van der Waals surface area contributed by atoms with Crippen LogP contribution in [-0.4, -0.2) is 37.1 Å². The van der Waals surface area contributed by atoms with E-state index in [9.17, 15) is 18.0 Å². The molecule has 1 aliphatic heterocycles. The van der Waals surface area contributed by atoms with E-state index < -0.39 is 18.9 Å². The second kappa shape index (κ2) is 4.50.